The van der Waals surface area contributed by atoms with Gasteiger partial charge in [0, 0.05) is 11.9 Å². The van der Waals surface area contributed by atoms with Gasteiger partial charge >= 0.3 is 5.69 Å². The Hall–Kier alpha value is -2.47. The average molecular weight is 292 g/mol. The van der Waals surface area contributed by atoms with Crippen molar-refractivity contribution in [2.45, 2.75) is 6.92 Å². The zero-order valence-electron chi connectivity index (χ0n) is 10.5. The number of nitrogens with one attached hydrogen (secondary N) is 1. The van der Waals surface area contributed by atoms with Gasteiger partial charge in [-0.1, -0.05) is 29.8 Å². The zero-order chi connectivity index (χ0) is 14.7. The van der Waals surface area contributed by atoms with Gasteiger partial charge in [0.25, 0.3) is 5.91 Å². The Morgan fingerprint density at radius 1 is 1.35 bits per heavy atom. The predicted molar refractivity (Wildman–Crippen MR) is 75.0 cm³/mol. The molecule has 2 rings (SSSR count). The number of hydrogen-bond donors (Lipinski definition) is 1. The van der Waals surface area contributed by atoms with Crippen LogP contribution in [0.3, 0.4) is 0 Å². The Kier molecular flexibility index (Phi) is 3.95. The van der Waals surface area contributed by atoms with E-state index in [1.54, 1.807) is 12.1 Å². The molecule has 1 amide bonds. The summed E-state index contributed by atoms with van der Waals surface area (Å²) < 4.78 is 0. The molecule has 0 radical (unpaired) electrons. The number of carbonyl (C=O) groups is 1. The topological polar surface area (TPSA) is 85.1 Å². The third-order valence-corrected chi connectivity index (χ3v) is 2.98. The minimum Gasteiger partial charge on any atom is -0.322 e. The van der Waals surface area contributed by atoms with Crippen molar-refractivity contribution in [1.29, 1.82) is 0 Å². The normalized spacial score (nSPS) is 10.1. The summed E-state index contributed by atoms with van der Waals surface area (Å²) in [5.74, 6) is -0.602. The molecule has 6 nitrogen and oxygen atoms in total. The van der Waals surface area contributed by atoms with E-state index in [1.165, 1.54) is 12.3 Å². The quantitative estimate of drug-likeness (QED) is 0.534. The molecule has 0 atom stereocenters. The fraction of sp³-hybridized carbons (Fsp3) is 0.0769. The van der Waals surface area contributed by atoms with Crippen LogP contribution in [0, 0.1) is 17.0 Å². The molecule has 1 aromatic heterocycles. The van der Waals surface area contributed by atoms with E-state index in [0.29, 0.717) is 5.69 Å². The van der Waals surface area contributed by atoms with Crippen LogP contribution in [0.4, 0.5) is 11.4 Å². The van der Waals surface area contributed by atoms with E-state index in [-0.39, 0.29) is 10.7 Å². The number of anilines is 1. The van der Waals surface area contributed by atoms with Gasteiger partial charge in [0.2, 0.25) is 5.15 Å². The first-order valence-corrected chi connectivity index (χ1v) is 6.04. The lowest BCUT2D eigenvalue weighted by molar-refractivity contribution is -0.385. The first kappa shape index (κ1) is 14.0. The van der Waals surface area contributed by atoms with Crippen molar-refractivity contribution >= 4 is 28.9 Å². The van der Waals surface area contributed by atoms with Gasteiger partial charge in [0.1, 0.15) is 5.56 Å². The lowest BCUT2D eigenvalue weighted by Crippen LogP contribution is -2.15. The summed E-state index contributed by atoms with van der Waals surface area (Å²) in [5.41, 5.74) is 0.807. The highest BCUT2D eigenvalue weighted by atomic mass is 35.5. The van der Waals surface area contributed by atoms with Crippen LogP contribution in [0.2, 0.25) is 5.15 Å². The van der Waals surface area contributed by atoms with Crippen LogP contribution in [0.25, 0.3) is 0 Å². The fourth-order valence-corrected chi connectivity index (χ4v) is 1.92. The van der Waals surface area contributed by atoms with Crippen molar-refractivity contribution in [3.05, 3.63) is 62.9 Å². The first-order valence-electron chi connectivity index (χ1n) is 5.66. The third-order valence-electron chi connectivity index (χ3n) is 2.70. The van der Waals surface area contributed by atoms with Crippen molar-refractivity contribution < 1.29 is 9.72 Å². The number of pyridine rings is 1. The maximum atomic E-state index is 12.1. The molecule has 0 bridgehead atoms. The minimum absolute atomic E-state index is 0.127. The van der Waals surface area contributed by atoms with Crippen LogP contribution in [0.1, 0.15) is 15.9 Å². The van der Waals surface area contributed by atoms with Gasteiger partial charge in [0.05, 0.1) is 4.92 Å². The van der Waals surface area contributed by atoms with Crippen LogP contribution in [0.15, 0.2) is 36.5 Å². The molecule has 20 heavy (non-hydrogen) atoms. The van der Waals surface area contributed by atoms with Crippen LogP contribution < -0.4 is 5.32 Å². The molecule has 0 aliphatic carbocycles. The number of nitrogens with zero attached hydrogens (tertiary/aromatic N) is 2. The van der Waals surface area contributed by atoms with Crippen LogP contribution in [0.5, 0.6) is 0 Å². The molecule has 7 heteroatoms. The van der Waals surface area contributed by atoms with E-state index in [2.05, 4.69) is 10.3 Å². The van der Waals surface area contributed by atoms with Gasteiger partial charge in [-0.25, -0.2) is 4.98 Å². The summed E-state index contributed by atoms with van der Waals surface area (Å²) in [6, 6.07) is 8.39. The minimum atomic E-state index is -0.720. The molecule has 0 saturated carbocycles. The number of benzene rings is 1. The molecule has 0 saturated heterocycles. The second kappa shape index (κ2) is 5.66. The zero-order valence-corrected chi connectivity index (χ0v) is 11.2. The van der Waals surface area contributed by atoms with Crippen LogP contribution >= 0.6 is 11.6 Å². The number of nitro groups is 1. The van der Waals surface area contributed by atoms with Crippen molar-refractivity contribution in [1.82, 2.24) is 4.98 Å². The van der Waals surface area contributed by atoms with Gasteiger partial charge < -0.3 is 5.32 Å². The number of halogens is 1. The molecule has 1 heterocycles. The summed E-state index contributed by atoms with van der Waals surface area (Å²) in [6.45, 7) is 1.82. The Labute approximate surface area is 119 Å². The number of rotatable bonds is 3. The molecular weight excluding hydrogens is 282 g/mol. The highest BCUT2D eigenvalue weighted by molar-refractivity contribution is 6.32. The van der Waals surface area contributed by atoms with Crippen LogP contribution in [-0.4, -0.2) is 15.8 Å². The summed E-state index contributed by atoms with van der Waals surface area (Å²) in [6.07, 6.45) is 1.25. The van der Waals surface area contributed by atoms with Gasteiger partial charge in [-0.3, -0.25) is 14.9 Å². The fourth-order valence-electron chi connectivity index (χ4n) is 1.69. The maximum absolute atomic E-state index is 12.1. The molecular formula is C13H10ClN3O3. The number of aromatic nitrogens is 1. The standard InChI is InChI=1S/C13H10ClN3O3/c1-8-4-2-3-5-10(8)16-13(18)9-6-7-15-12(14)11(9)17(19)20/h2-7H,1H3,(H,16,18). The Morgan fingerprint density at radius 2 is 2.05 bits per heavy atom. The average Bonchev–Trinajstić information content (AvgIpc) is 2.40. The molecule has 0 spiro atoms. The molecule has 102 valence electrons. The van der Waals surface area contributed by atoms with Crippen molar-refractivity contribution in [3.63, 3.8) is 0 Å². The highest BCUT2D eigenvalue weighted by Gasteiger charge is 2.24. The molecule has 1 aromatic carbocycles. The van der Waals surface area contributed by atoms with E-state index >= 15 is 0 Å². The van der Waals surface area contributed by atoms with Gasteiger partial charge in [0.15, 0.2) is 0 Å². The lowest BCUT2D eigenvalue weighted by atomic mass is 10.1. The smallest absolute Gasteiger partial charge is 0.319 e. The third kappa shape index (κ3) is 2.75. The maximum Gasteiger partial charge on any atom is 0.319 e. The first-order chi connectivity index (χ1) is 9.50. The molecule has 2 aromatic rings. The molecule has 1 N–H and O–H groups in total. The van der Waals surface area contributed by atoms with Crippen LogP contribution in [-0.2, 0) is 0 Å². The number of aryl methyl sites for hydroxylation is 1. The number of hydrogen-bond acceptors (Lipinski definition) is 4. The Morgan fingerprint density at radius 3 is 2.70 bits per heavy atom. The second-order valence-corrected chi connectivity index (χ2v) is 4.38. The van der Waals surface area contributed by atoms with Gasteiger partial charge in [-0.2, -0.15) is 0 Å². The summed E-state index contributed by atoms with van der Waals surface area (Å²) >= 11 is 5.67. The summed E-state index contributed by atoms with van der Waals surface area (Å²) in [5, 5.41) is 13.3. The summed E-state index contributed by atoms with van der Waals surface area (Å²) in [4.78, 5) is 26.0. The SMILES string of the molecule is Cc1ccccc1NC(=O)c1ccnc(Cl)c1[N+](=O)[O-]. The number of para-hydroxylation sites is 1. The largest absolute Gasteiger partial charge is 0.322 e. The van der Waals surface area contributed by atoms with E-state index in [0.717, 1.165) is 5.56 Å². The van der Waals surface area contributed by atoms with Crippen molar-refractivity contribution in [3.8, 4) is 0 Å². The predicted octanol–water partition coefficient (Wildman–Crippen LogP) is 3.20. The van der Waals surface area contributed by atoms with Gasteiger partial charge in [-0.15, -0.1) is 0 Å². The number of carbonyl (C=O) groups excluding carboxylic acids is 1. The Bertz CT molecular complexity index is 688. The van der Waals surface area contributed by atoms with Gasteiger partial charge in [-0.05, 0) is 24.6 Å². The molecule has 0 aliphatic heterocycles. The van der Waals surface area contributed by atoms with E-state index in [4.69, 9.17) is 11.6 Å². The molecule has 0 unspecified atom stereocenters. The monoisotopic (exact) mass is 291 g/mol. The van der Waals surface area contributed by atoms with E-state index in [1.807, 2.05) is 19.1 Å². The number of amides is 1. The lowest BCUT2D eigenvalue weighted by Gasteiger charge is -2.08. The molecule has 0 fully saturated rings. The second-order valence-electron chi connectivity index (χ2n) is 4.02. The van der Waals surface area contributed by atoms with Crippen molar-refractivity contribution in [2.75, 3.05) is 5.32 Å². The van der Waals surface area contributed by atoms with Crippen molar-refractivity contribution in [2.24, 2.45) is 0 Å². The van der Waals surface area contributed by atoms with E-state index < -0.39 is 16.5 Å². The highest BCUT2D eigenvalue weighted by Crippen LogP contribution is 2.27. The summed E-state index contributed by atoms with van der Waals surface area (Å²) in [7, 11) is 0. The molecule has 0 aliphatic rings. The van der Waals surface area contributed by atoms with E-state index in [9.17, 15) is 14.9 Å². The Balaban J connectivity index is 2.38.